The van der Waals surface area contributed by atoms with Crippen molar-refractivity contribution in [2.45, 2.75) is 4.90 Å². The molecule has 4 nitrogen and oxygen atoms in total. The SMILES string of the molecule is Nc1cc(F)ccc1SCC(=O)N1CCOCC1. The fraction of sp³-hybridized carbons (Fsp3) is 0.417. The van der Waals surface area contributed by atoms with Crippen LogP contribution < -0.4 is 5.73 Å². The number of nitrogens with zero attached hydrogens (tertiary/aromatic N) is 1. The Kier molecular flexibility index (Phi) is 4.43. The molecule has 98 valence electrons. The lowest BCUT2D eigenvalue weighted by molar-refractivity contribution is -0.132. The highest BCUT2D eigenvalue weighted by Crippen LogP contribution is 2.25. The Morgan fingerprint density at radius 2 is 2.17 bits per heavy atom. The Morgan fingerprint density at radius 3 is 2.83 bits per heavy atom. The van der Waals surface area contributed by atoms with Gasteiger partial charge < -0.3 is 15.4 Å². The van der Waals surface area contributed by atoms with E-state index in [-0.39, 0.29) is 11.7 Å². The summed E-state index contributed by atoms with van der Waals surface area (Å²) in [4.78, 5) is 14.4. The molecule has 1 aromatic rings. The highest BCUT2D eigenvalue weighted by atomic mass is 32.2. The number of nitrogen functional groups attached to an aromatic ring is 1. The van der Waals surface area contributed by atoms with E-state index < -0.39 is 0 Å². The third-order valence-corrected chi connectivity index (χ3v) is 3.76. The van der Waals surface area contributed by atoms with Gasteiger partial charge in [-0.05, 0) is 18.2 Å². The average Bonchev–Trinajstić information content (AvgIpc) is 2.38. The van der Waals surface area contributed by atoms with Crippen LogP contribution in [0.1, 0.15) is 0 Å². The molecule has 0 unspecified atom stereocenters. The first-order chi connectivity index (χ1) is 8.66. The number of carbonyl (C=O) groups is 1. The molecule has 2 N–H and O–H groups in total. The summed E-state index contributed by atoms with van der Waals surface area (Å²) in [5, 5.41) is 0. The van der Waals surface area contributed by atoms with Crippen LogP contribution in [0.15, 0.2) is 23.1 Å². The number of amides is 1. The van der Waals surface area contributed by atoms with Gasteiger partial charge in [-0.1, -0.05) is 0 Å². The summed E-state index contributed by atoms with van der Waals surface area (Å²) in [5.74, 6) is 0.0129. The number of morpholine rings is 1. The summed E-state index contributed by atoms with van der Waals surface area (Å²) in [7, 11) is 0. The highest BCUT2D eigenvalue weighted by molar-refractivity contribution is 8.00. The van der Waals surface area contributed by atoms with Crippen LogP contribution in [0.25, 0.3) is 0 Å². The maximum atomic E-state index is 12.9. The van der Waals surface area contributed by atoms with E-state index in [1.165, 1.54) is 23.9 Å². The van der Waals surface area contributed by atoms with E-state index in [9.17, 15) is 9.18 Å². The molecule has 2 rings (SSSR count). The lowest BCUT2D eigenvalue weighted by atomic mass is 10.3. The van der Waals surface area contributed by atoms with Crippen molar-refractivity contribution in [1.82, 2.24) is 4.90 Å². The van der Waals surface area contributed by atoms with E-state index in [0.717, 1.165) is 4.90 Å². The number of rotatable bonds is 3. The number of hydrogen-bond donors (Lipinski definition) is 1. The van der Waals surface area contributed by atoms with Crippen molar-refractivity contribution < 1.29 is 13.9 Å². The largest absolute Gasteiger partial charge is 0.398 e. The molecule has 1 fully saturated rings. The van der Waals surface area contributed by atoms with Gasteiger partial charge >= 0.3 is 0 Å². The van der Waals surface area contributed by atoms with Crippen LogP contribution in [-0.4, -0.2) is 42.9 Å². The van der Waals surface area contributed by atoms with Crippen LogP contribution in [-0.2, 0) is 9.53 Å². The quantitative estimate of drug-likeness (QED) is 0.665. The summed E-state index contributed by atoms with van der Waals surface area (Å²) < 4.78 is 18.0. The fourth-order valence-electron chi connectivity index (χ4n) is 1.69. The Balaban J connectivity index is 1.88. The summed E-state index contributed by atoms with van der Waals surface area (Å²) in [6.07, 6.45) is 0. The first kappa shape index (κ1) is 13.2. The molecular formula is C12H15FN2O2S. The zero-order valence-electron chi connectivity index (χ0n) is 9.89. The number of anilines is 1. The molecule has 0 aromatic heterocycles. The maximum absolute atomic E-state index is 12.9. The minimum absolute atomic E-state index is 0.0621. The number of hydrogen-bond acceptors (Lipinski definition) is 4. The standard InChI is InChI=1S/C12H15FN2O2S/c13-9-1-2-11(10(14)7-9)18-8-12(16)15-3-5-17-6-4-15/h1-2,7H,3-6,8,14H2. The topological polar surface area (TPSA) is 55.6 Å². The molecule has 6 heteroatoms. The highest BCUT2D eigenvalue weighted by Gasteiger charge is 2.17. The molecule has 0 radical (unpaired) electrons. The van der Waals surface area contributed by atoms with Crippen molar-refractivity contribution in [3.05, 3.63) is 24.0 Å². The molecule has 0 saturated carbocycles. The molecule has 1 aliphatic heterocycles. The number of benzene rings is 1. The van der Waals surface area contributed by atoms with E-state index >= 15 is 0 Å². The Hall–Kier alpha value is -1.27. The van der Waals surface area contributed by atoms with E-state index in [0.29, 0.717) is 37.7 Å². The number of carbonyl (C=O) groups excluding carboxylic acids is 1. The van der Waals surface area contributed by atoms with Gasteiger partial charge in [-0.25, -0.2) is 4.39 Å². The van der Waals surface area contributed by atoms with Gasteiger partial charge in [0.1, 0.15) is 5.82 Å². The molecule has 1 aromatic carbocycles. The first-order valence-corrected chi connectivity index (χ1v) is 6.69. The van der Waals surface area contributed by atoms with Crippen molar-refractivity contribution in [2.75, 3.05) is 37.8 Å². The van der Waals surface area contributed by atoms with E-state index in [1.54, 1.807) is 11.0 Å². The fourth-order valence-corrected chi connectivity index (χ4v) is 2.55. The van der Waals surface area contributed by atoms with E-state index in [2.05, 4.69) is 0 Å². The molecule has 1 amide bonds. The van der Waals surface area contributed by atoms with Crippen LogP contribution in [0.3, 0.4) is 0 Å². The first-order valence-electron chi connectivity index (χ1n) is 5.70. The number of halogens is 1. The minimum Gasteiger partial charge on any atom is -0.398 e. The zero-order chi connectivity index (χ0) is 13.0. The van der Waals surface area contributed by atoms with Crippen molar-refractivity contribution in [3.8, 4) is 0 Å². The number of ether oxygens (including phenoxy) is 1. The normalized spacial score (nSPS) is 15.7. The molecule has 0 spiro atoms. The molecule has 0 bridgehead atoms. The van der Waals surface area contributed by atoms with Gasteiger partial charge in [0.25, 0.3) is 0 Å². The van der Waals surface area contributed by atoms with Crippen molar-refractivity contribution in [2.24, 2.45) is 0 Å². The summed E-state index contributed by atoms with van der Waals surface area (Å²) in [5.41, 5.74) is 6.05. The smallest absolute Gasteiger partial charge is 0.233 e. The van der Waals surface area contributed by atoms with E-state index in [4.69, 9.17) is 10.5 Å². The van der Waals surface area contributed by atoms with Gasteiger partial charge in [0.15, 0.2) is 0 Å². The third kappa shape index (κ3) is 3.36. The van der Waals surface area contributed by atoms with Crippen LogP contribution in [0.5, 0.6) is 0 Å². The van der Waals surface area contributed by atoms with Crippen LogP contribution in [0, 0.1) is 5.82 Å². The Bertz CT molecular complexity index is 436. The molecule has 18 heavy (non-hydrogen) atoms. The van der Waals surface area contributed by atoms with Gasteiger partial charge in [0.05, 0.1) is 19.0 Å². The summed E-state index contributed by atoms with van der Waals surface area (Å²) in [6.45, 7) is 2.46. The maximum Gasteiger partial charge on any atom is 0.233 e. The number of nitrogens with two attached hydrogens (primary N) is 1. The second kappa shape index (κ2) is 6.06. The van der Waals surface area contributed by atoms with Gasteiger partial charge in [0.2, 0.25) is 5.91 Å². The van der Waals surface area contributed by atoms with Crippen molar-refractivity contribution in [1.29, 1.82) is 0 Å². The van der Waals surface area contributed by atoms with E-state index in [1.807, 2.05) is 0 Å². The molecule has 0 aliphatic carbocycles. The predicted molar refractivity (Wildman–Crippen MR) is 68.9 cm³/mol. The van der Waals surface area contributed by atoms with Crippen molar-refractivity contribution in [3.63, 3.8) is 0 Å². The second-order valence-corrected chi connectivity index (χ2v) is 4.98. The van der Waals surface area contributed by atoms with Gasteiger partial charge in [0, 0.05) is 23.7 Å². The summed E-state index contributed by atoms with van der Waals surface area (Å²) in [6, 6.07) is 4.21. The second-order valence-electron chi connectivity index (χ2n) is 3.96. The van der Waals surface area contributed by atoms with Gasteiger partial charge in [-0.15, -0.1) is 11.8 Å². The molecule has 1 saturated heterocycles. The van der Waals surface area contributed by atoms with Crippen LogP contribution >= 0.6 is 11.8 Å². The predicted octanol–water partition coefficient (Wildman–Crippen LogP) is 1.36. The molecule has 0 atom stereocenters. The Labute approximate surface area is 109 Å². The lowest BCUT2D eigenvalue weighted by Gasteiger charge is -2.26. The monoisotopic (exact) mass is 270 g/mol. The Morgan fingerprint density at radius 1 is 1.44 bits per heavy atom. The third-order valence-electron chi connectivity index (χ3n) is 2.69. The molecule has 1 heterocycles. The average molecular weight is 270 g/mol. The van der Waals surface area contributed by atoms with Crippen LogP contribution in [0.4, 0.5) is 10.1 Å². The van der Waals surface area contributed by atoms with Gasteiger partial charge in [-0.3, -0.25) is 4.79 Å². The number of thioether (sulfide) groups is 1. The molecule has 1 aliphatic rings. The van der Waals surface area contributed by atoms with Crippen molar-refractivity contribution >= 4 is 23.4 Å². The zero-order valence-corrected chi connectivity index (χ0v) is 10.7. The minimum atomic E-state index is -0.364. The molecular weight excluding hydrogens is 255 g/mol. The lowest BCUT2D eigenvalue weighted by Crippen LogP contribution is -2.41. The van der Waals surface area contributed by atoms with Crippen LogP contribution in [0.2, 0.25) is 0 Å². The summed E-state index contributed by atoms with van der Waals surface area (Å²) >= 11 is 1.33. The van der Waals surface area contributed by atoms with Gasteiger partial charge in [-0.2, -0.15) is 0 Å².